The summed E-state index contributed by atoms with van der Waals surface area (Å²) in [5, 5.41) is 15.7. The highest BCUT2D eigenvalue weighted by Crippen LogP contribution is 2.34. The Hall–Kier alpha value is -3.28. The van der Waals surface area contributed by atoms with Gasteiger partial charge >= 0.3 is 0 Å². The van der Waals surface area contributed by atoms with E-state index in [0.29, 0.717) is 45.0 Å². The molecule has 0 spiro atoms. The third-order valence-electron chi connectivity index (χ3n) is 4.97. The zero-order valence-electron chi connectivity index (χ0n) is 18.9. The summed E-state index contributed by atoms with van der Waals surface area (Å²) in [7, 11) is 0. The molecular formula is C25H19Br2N3O5S. The minimum atomic E-state index is -0.466. The second-order valence-electron chi connectivity index (χ2n) is 7.46. The van der Waals surface area contributed by atoms with Crippen molar-refractivity contribution in [3.63, 3.8) is 0 Å². The summed E-state index contributed by atoms with van der Waals surface area (Å²) in [6.45, 7) is 2.71. The molecule has 1 amide bonds. The van der Waals surface area contributed by atoms with Gasteiger partial charge in [0.15, 0.2) is 11.5 Å². The summed E-state index contributed by atoms with van der Waals surface area (Å²) in [6.07, 6.45) is 1.50. The Balaban J connectivity index is 1.46. The number of nitro groups is 1. The van der Waals surface area contributed by atoms with Gasteiger partial charge in [-0.15, -0.1) is 11.3 Å². The van der Waals surface area contributed by atoms with Crippen LogP contribution in [0.3, 0.4) is 0 Å². The second kappa shape index (κ2) is 11.6. The van der Waals surface area contributed by atoms with E-state index in [1.54, 1.807) is 24.3 Å². The number of ether oxygens (including phenoxy) is 2. The van der Waals surface area contributed by atoms with Gasteiger partial charge in [-0.05, 0) is 64.8 Å². The molecule has 0 aliphatic carbocycles. The van der Waals surface area contributed by atoms with Crippen molar-refractivity contribution < 1.29 is 19.2 Å². The van der Waals surface area contributed by atoms with Gasteiger partial charge in [0.1, 0.15) is 6.61 Å². The molecule has 0 saturated heterocycles. The van der Waals surface area contributed by atoms with Gasteiger partial charge in [-0.25, -0.2) is 5.43 Å². The monoisotopic (exact) mass is 631 g/mol. The molecule has 4 aromatic rings. The van der Waals surface area contributed by atoms with Crippen LogP contribution in [0.1, 0.15) is 27.7 Å². The third kappa shape index (κ3) is 6.28. The Morgan fingerprint density at radius 2 is 1.83 bits per heavy atom. The lowest BCUT2D eigenvalue weighted by molar-refractivity contribution is -0.384. The number of nitrogens with one attached hydrogen (secondary N) is 1. The van der Waals surface area contributed by atoms with Crippen molar-refractivity contribution in [3.05, 3.63) is 95.7 Å². The van der Waals surface area contributed by atoms with Gasteiger partial charge in [-0.2, -0.15) is 5.10 Å². The normalized spacial score (nSPS) is 11.1. The van der Waals surface area contributed by atoms with Gasteiger partial charge in [0.25, 0.3) is 11.6 Å². The fraction of sp³-hybridized carbons (Fsp3) is 0.120. The molecule has 0 unspecified atom stereocenters. The Morgan fingerprint density at radius 3 is 2.56 bits per heavy atom. The number of hydrogen-bond acceptors (Lipinski definition) is 7. The van der Waals surface area contributed by atoms with Gasteiger partial charge in [0.05, 0.1) is 22.6 Å². The van der Waals surface area contributed by atoms with Crippen LogP contribution in [0.2, 0.25) is 0 Å². The lowest BCUT2D eigenvalue weighted by atomic mass is 10.2. The van der Waals surface area contributed by atoms with Crippen LogP contribution < -0.4 is 14.9 Å². The van der Waals surface area contributed by atoms with E-state index in [9.17, 15) is 14.9 Å². The number of halogens is 2. The van der Waals surface area contributed by atoms with Crippen molar-refractivity contribution in [3.8, 4) is 11.5 Å². The molecule has 1 aromatic heterocycles. The van der Waals surface area contributed by atoms with Crippen LogP contribution in [0, 0.1) is 10.1 Å². The first-order valence-corrected chi connectivity index (χ1v) is 13.1. The Labute approximate surface area is 227 Å². The maximum atomic E-state index is 12.6. The molecule has 36 heavy (non-hydrogen) atoms. The number of rotatable bonds is 9. The lowest BCUT2D eigenvalue weighted by Gasteiger charge is -2.14. The zero-order chi connectivity index (χ0) is 25.7. The predicted octanol–water partition coefficient (Wildman–Crippen LogP) is 7.08. The minimum Gasteiger partial charge on any atom is -0.490 e. The topological polar surface area (TPSA) is 103 Å². The molecule has 0 saturated carbocycles. The molecule has 0 radical (unpaired) electrons. The number of nitro benzene ring substituents is 1. The van der Waals surface area contributed by atoms with Crippen molar-refractivity contribution in [2.24, 2.45) is 5.10 Å². The maximum absolute atomic E-state index is 12.6. The van der Waals surface area contributed by atoms with Crippen LogP contribution in [-0.4, -0.2) is 23.7 Å². The average Bonchev–Trinajstić information content (AvgIpc) is 3.29. The Bertz CT molecular complexity index is 1450. The molecule has 1 N–H and O–H groups in total. The first-order chi connectivity index (χ1) is 17.3. The van der Waals surface area contributed by atoms with E-state index in [1.165, 1.54) is 29.7 Å². The predicted molar refractivity (Wildman–Crippen MR) is 147 cm³/mol. The minimum absolute atomic E-state index is 0.0236. The summed E-state index contributed by atoms with van der Waals surface area (Å²) in [6, 6.07) is 17.5. The zero-order valence-corrected chi connectivity index (χ0v) is 22.9. The van der Waals surface area contributed by atoms with Crippen LogP contribution >= 0.6 is 43.2 Å². The van der Waals surface area contributed by atoms with Crippen LogP contribution in [0.25, 0.3) is 10.1 Å². The van der Waals surface area contributed by atoms with Crippen molar-refractivity contribution >= 4 is 71.1 Å². The highest BCUT2D eigenvalue weighted by Gasteiger charge is 2.14. The molecule has 0 fully saturated rings. The van der Waals surface area contributed by atoms with Gasteiger partial charge < -0.3 is 9.47 Å². The fourth-order valence-electron chi connectivity index (χ4n) is 3.24. The Morgan fingerprint density at radius 1 is 1.08 bits per heavy atom. The van der Waals surface area contributed by atoms with E-state index in [-0.39, 0.29) is 5.69 Å². The second-order valence-corrected chi connectivity index (χ2v) is 10.3. The molecule has 1 heterocycles. The van der Waals surface area contributed by atoms with Gasteiger partial charge in [0.2, 0.25) is 0 Å². The number of amides is 1. The lowest BCUT2D eigenvalue weighted by Crippen LogP contribution is -2.16. The number of nitrogens with zero attached hydrogens (tertiary/aromatic N) is 2. The number of thiophene rings is 1. The summed E-state index contributed by atoms with van der Waals surface area (Å²) < 4.78 is 14.2. The fourth-order valence-corrected chi connectivity index (χ4v) is 4.87. The summed E-state index contributed by atoms with van der Waals surface area (Å²) in [4.78, 5) is 23.5. The number of hydrazone groups is 1. The number of benzene rings is 3. The molecule has 184 valence electrons. The smallest absolute Gasteiger partial charge is 0.281 e. The number of carbonyl (C=O) groups is 1. The van der Waals surface area contributed by atoms with Crippen LogP contribution in [0.5, 0.6) is 11.5 Å². The van der Waals surface area contributed by atoms with Gasteiger partial charge in [-0.1, -0.05) is 28.1 Å². The Kier molecular flexibility index (Phi) is 8.34. The van der Waals surface area contributed by atoms with Crippen molar-refractivity contribution in [2.45, 2.75) is 13.5 Å². The molecule has 4 rings (SSSR count). The van der Waals surface area contributed by atoms with E-state index >= 15 is 0 Å². The number of hydrogen-bond donors (Lipinski definition) is 1. The first-order valence-electron chi connectivity index (χ1n) is 10.7. The van der Waals surface area contributed by atoms with Crippen molar-refractivity contribution in [1.29, 1.82) is 0 Å². The van der Waals surface area contributed by atoms with E-state index in [0.717, 1.165) is 14.7 Å². The van der Waals surface area contributed by atoms with Crippen LogP contribution in [0.4, 0.5) is 5.69 Å². The first kappa shape index (κ1) is 25.8. The molecular weight excluding hydrogens is 614 g/mol. The van der Waals surface area contributed by atoms with E-state index < -0.39 is 10.8 Å². The molecule has 11 heteroatoms. The maximum Gasteiger partial charge on any atom is 0.281 e. The van der Waals surface area contributed by atoms with E-state index in [2.05, 4.69) is 42.4 Å². The number of fused-ring (bicyclic) bond motifs is 1. The molecule has 0 atom stereocenters. The summed E-state index contributed by atoms with van der Waals surface area (Å²) in [5.74, 6) is 0.717. The number of carbonyl (C=O) groups excluding carboxylic acids is 1. The van der Waals surface area contributed by atoms with Crippen LogP contribution in [-0.2, 0) is 6.61 Å². The summed E-state index contributed by atoms with van der Waals surface area (Å²) >= 11 is 8.18. The van der Waals surface area contributed by atoms with E-state index in [4.69, 9.17) is 9.47 Å². The molecule has 8 nitrogen and oxygen atoms in total. The standard InChI is InChI=1S/C25H19Br2N3O5S/c1-2-34-21-10-17(20(27)12-22(21)35-14-15-3-5-18(26)6-4-15)13-28-29-25(31)24-11-16-9-19(30(32)33)7-8-23(16)36-24/h3-13H,2,14H2,1H3,(H,29,31)/b28-13-. The average molecular weight is 633 g/mol. The van der Waals surface area contributed by atoms with Crippen molar-refractivity contribution in [2.75, 3.05) is 6.61 Å². The van der Waals surface area contributed by atoms with Crippen LogP contribution in [0.15, 0.2) is 74.7 Å². The van der Waals surface area contributed by atoms with Gasteiger partial charge in [0, 0.05) is 36.7 Å². The third-order valence-corrected chi connectivity index (χ3v) is 7.30. The van der Waals surface area contributed by atoms with Gasteiger partial charge in [-0.3, -0.25) is 14.9 Å². The number of non-ortho nitro benzene ring substituents is 1. The largest absolute Gasteiger partial charge is 0.490 e. The molecule has 0 aliphatic rings. The molecule has 0 aliphatic heterocycles. The quantitative estimate of drug-likeness (QED) is 0.121. The summed E-state index contributed by atoms with van der Waals surface area (Å²) in [5.41, 5.74) is 4.17. The highest BCUT2D eigenvalue weighted by atomic mass is 79.9. The van der Waals surface area contributed by atoms with E-state index in [1.807, 2.05) is 31.2 Å². The highest BCUT2D eigenvalue weighted by molar-refractivity contribution is 9.10. The SMILES string of the molecule is CCOc1cc(/C=N\NC(=O)c2cc3cc([N+](=O)[O-])ccc3s2)c(Br)cc1OCc1ccc(Br)cc1. The van der Waals surface area contributed by atoms with Crippen molar-refractivity contribution in [1.82, 2.24) is 5.43 Å². The molecule has 0 bridgehead atoms. The molecule has 3 aromatic carbocycles.